The number of hydrogen-bond acceptors (Lipinski definition) is 3. The number of benzene rings is 2. The monoisotopic (exact) mass is 404 g/mol. The van der Waals surface area contributed by atoms with Crippen LogP contribution in [0.15, 0.2) is 51.8 Å². The molecule has 6 heteroatoms. The predicted molar refractivity (Wildman–Crippen MR) is 96.1 cm³/mol. The minimum Gasteiger partial charge on any atom is -0.271 e. The molecule has 0 spiro atoms. The molecule has 2 nitrogen and oxygen atoms in total. The molecule has 0 aliphatic heterocycles. The molecular weight excluding hydrogens is 391 g/mol. The van der Waals surface area contributed by atoms with Gasteiger partial charge in [-0.3, -0.25) is 11.3 Å². The lowest BCUT2D eigenvalue weighted by Gasteiger charge is -2.16. The van der Waals surface area contributed by atoms with Gasteiger partial charge in [-0.05, 0) is 42.3 Å². The van der Waals surface area contributed by atoms with E-state index in [1.165, 1.54) is 4.90 Å². The van der Waals surface area contributed by atoms with Gasteiger partial charge in [0.25, 0.3) is 0 Å². The van der Waals surface area contributed by atoms with Crippen molar-refractivity contribution in [2.75, 3.05) is 5.75 Å². The number of nitrogens with two attached hydrogens (primary N) is 1. The van der Waals surface area contributed by atoms with Gasteiger partial charge in [-0.25, -0.2) is 0 Å². The summed E-state index contributed by atoms with van der Waals surface area (Å²) in [6.07, 6.45) is 0.736. The van der Waals surface area contributed by atoms with Gasteiger partial charge in [0.05, 0.1) is 10.0 Å². The van der Waals surface area contributed by atoms with Crippen molar-refractivity contribution < 1.29 is 0 Å². The number of thioether (sulfide) groups is 1. The molecule has 0 heterocycles. The highest BCUT2D eigenvalue weighted by atomic mass is 79.9. The molecule has 2 aromatic carbocycles. The number of hydrazine groups is 1. The minimum atomic E-state index is 0.120. The zero-order valence-electron chi connectivity index (χ0n) is 11.2. The molecule has 0 aliphatic carbocycles. The smallest absolute Gasteiger partial charge is 0.0624 e. The molecule has 0 radical (unpaired) electrons. The average Bonchev–Trinajstić information content (AvgIpc) is 2.49. The highest BCUT2D eigenvalue weighted by Gasteiger charge is 2.12. The van der Waals surface area contributed by atoms with Crippen LogP contribution in [0.4, 0.5) is 0 Å². The highest BCUT2D eigenvalue weighted by molar-refractivity contribution is 9.10. The topological polar surface area (TPSA) is 38.0 Å². The van der Waals surface area contributed by atoms with Crippen LogP contribution >= 0.6 is 50.9 Å². The molecule has 0 saturated carbocycles. The maximum absolute atomic E-state index is 6.22. The van der Waals surface area contributed by atoms with Crippen LogP contribution in [0.3, 0.4) is 0 Å². The number of rotatable bonds is 6. The molecule has 2 rings (SSSR count). The maximum atomic E-state index is 6.22. The van der Waals surface area contributed by atoms with Gasteiger partial charge in [0.1, 0.15) is 0 Å². The quantitative estimate of drug-likeness (QED) is 0.406. The Morgan fingerprint density at radius 3 is 2.52 bits per heavy atom. The van der Waals surface area contributed by atoms with Crippen LogP contribution in [0.5, 0.6) is 0 Å². The van der Waals surface area contributed by atoms with Crippen molar-refractivity contribution in [1.82, 2.24) is 5.43 Å². The highest BCUT2D eigenvalue weighted by Crippen LogP contribution is 2.27. The van der Waals surface area contributed by atoms with Crippen LogP contribution in [0, 0.1) is 0 Å². The average molecular weight is 406 g/mol. The number of hydrogen-bond donors (Lipinski definition) is 2. The molecule has 112 valence electrons. The second-order valence-corrected chi connectivity index (χ2v) is 7.34. The van der Waals surface area contributed by atoms with E-state index in [1.54, 1.807) is 17.8 Å². The van der Waals surface area contributed by atoms with Crippen LogP contribution in [0.25, 0.3) is 0 Å². The van der Waals surface area contributed by atoms with Gasteiger partial charge in [-0.15, -0.1) is 11.8 Å². The number of nitrogens with one attached hydrogen (secondary N) is 1. The molecule has 0 fully saturated rings. The van der Waals surface area contributed by atoms with E-state index < -0.39 is 0 Å². The van der Waals surface area contributed by atoms with Crippen molar-refractivity contribution in [3.05, 3.63) is 62.5 Å². The summed E-state index contributed by atoms with van der Waals surface area (Å²) in [5.41, 5.74) is 3.85. The van der Waals surface area contributed by atoms with Crippen molar-refractivity contribution in [3.8, 4) is 0 Å². The van der Waals surface area contributed by atoms with Crippen LogP contribution in [-0.2, 0) is 6.42 Å². The third kappa shape index (κ3) is 5.16. The van der Waals surface area contributed by atoms with Gasteiger partial charge in [0.15, 0.2) is 0 Å². The summed E-state index contributed by atoms with van der Waals surface area (Å²) < 4.78 is 1.08. The van der Waals surface area contributed by atoms with Crippen LogP contribution in [-0.4, -0.2) is 11.8 Å². The van der Waals surface area contributed by atoms with E-state index in [0.717, 1.165) is 22.2 Å². The van der Waals surface area contributed by atoms with Crippen molar-refractivity contribution in [1.29, 1.82) is 0 Å². The van der Waals surface area contributed by atoms with Gasteiger partial charge in [-0.1, -0.05) is 51.3 Å². The molecule has 0 aliphatic rings. The van der Waals surface area contributed by atoms with E-state index in [0.29, 0.717) is 10.0 Å². The van der Waals surface area contributed by atoms with Gasteiger partial charge in [0, 0.05) is 21.2 Å². The first-order valence-corrected chi connectivity index (χ1v) is 8.91. The molecular formula is C15H15BrCl2N2S. The van der Waals surface area contributed by atoms with E-state index in [1.807, 2.05) is 24.3 Å². The molecule has 0 bridgehead atoms. The largest absolute Gasteiger partial charge is 0.271 e. The van der Waals surface area contributed by atoms with E-state index in [2.05, 4.69) is 33.5 Å². The van der Waals surface area contributed by atoms with E-state index in [-0.39, 0.29) is 6.04 Å². The van der Waals surface area contributed by atoms with Crippen molar-refractivity contribution in [2.24, 2.45) is 5.84 Å². The molecule has 1 atom stereocenters. The minimum absolute atomic E-state index is 0.120. The summed E-state index contributed by atoms with van der Waals surface area (Å²) in [5.74, 6) is 6.50. The van der Waals surface area contributed by atoms with Gasteiger partial charge < -0.3 is 0 Å². The van der Waals surface area contributed by atoms with Gasteiger partial charge in [0.2, 0.25) is 0 Å². The Morgan fingerprint density at radius 1 is 1.14 bits per heavy atom. The van der Waals surface area contributed by atoms with Crippen LogP contribution < -0.4 is 11.3 Å². The molecule has 0 aromatic heterocycles. The maximum Gasteiger partial charge on any atom is 0.0624 e. The Bertz CT molecular complexity index is 593. The predicted octanol–water partition coefficient (Wildman–Crippen LogP) is 4.92. The molecule has 0 amide bonds. The summed E-state index contributed by atoms with van der Waals surface area (Å²) >= 11 is 17.4. The molecule has 21 heavy (non-hydrogen) atoms. The summed E-state index contributed by atoms with van der Waals surface area (Å²) in [7, 11) is 0. The summed E-state index contributed by atoms with van der Waals surface area (Å²) in [5, 5.41) is 1.18. The van der Waals surface area contributed by atoms with Crippen LogP contribution in [0.2, 0.25) is 10.0 Å². The standard InChI is InChI=1S/C15H15BrCl2N2S/c16-11-4-6-13(7-5-11)21-9-12(20-19)8-10-2-1-3-14(17)15(10)18/h1-7,12,20H,8-9,19H2. The van der Waals surface area contributed by atoms with Gasteiger partial charge >= 0.3 is 0 Å². The Hall–Kier alpha value is -0.230. The Kier molecular flexibility index (Phi) is 6.86. The van der Waals surface area contributed by atoms with E-state index in [4.69, 9.17) is 29.0 Å². The van der Waals surface area contributed by atoms with Crippen molar-refractivity contribution >= 4 is 50.9 Å². The first kappa shape index (κ1) is 17.1. The SMILES string of the molecule is NNC(CSc1ccc(Br)cc1)Cc1cccc(Cl)c1Cl. The zero-order chi connectivity index (χ0) is 15.2. The van der Waals surface area contributed by atoms with Crippen molar-refractivity contribution in [2.45, 2.75) is 17.4 Å². The first-order valence-electron chi connectivity index (χ1n) is 6.37. The lowest BCUT2D eigenvalue weighted by Crippen LogP contribution is -2.38. The van der Waals surface area contributed by atoms with Gasteiger partial charge in [-0.2, -0.15) is 0 Å². The molecule has 2 aromatic rings. The molecule has 1 unspecified atom stereocenters. The van der Waals surface area contributed by atoms with Crippen molar-refractivity contribution in [3.63, 3.8) is 0 Å². The Labute approximate surface area is 147 Å². The summed E-state index contributed by atoms with van der Waals surface area (Å²) in [6, 6.07) is 14.0. The fourth-order valence-electron chi connectivity index (χ4n) is 1.87. The Balaban J connectivity index is 1.97. The third-order valence-electron chi connectivity index (χ3n) is 3.00. The summed E-state index contributed by atoms with van der Waals surface area (Å²) in [4.78, 5) is 1.20. The fourth-order valence-corrected chi connectivity index (χ4v) is 3.46. The zero-order valence-corrected chi connectivity index (χ0v) is 15.1. The third-order valence-corrected chi connectivity index (χ3v) is 5.56. The first-order chi connectivity index (χ1) is 10.1. The number of halogens is 3. The van der Waals surface area contributed by atoms with E-state index >= 15 is 0 Å². The van der Waals surface area contributed by atoms with E-state index in [9.17, 15) is 0 Å². The fraction of sp³-hybridized carbons (Fsp3) is 0.200. The molecule has 3 N–H and O–H groups in total. The summed E-state index contributed by atoms with van der Waals surface area (Å²) in [6.45, 7) is 0. The normalized spacial score (nSPS) is 12.4. The second-order valence-electron chi connectivity index (χ2n) is 4.55. The molecule has 0 saturated heterocycles. The van der Waals surface area contributed by atoms with Crippen LogP contribution in [0.1, 0.15) is 5.56 Å². The lowest BCUT2D eigenvalue weighted by atomic mass is 10.1. The second kappa shape index (κ2) is 8.42. The lowest BCUT2D eigenvalue weighted by molar-refractivity contribution is 0.575. The Morgan fingerprint density at radius 2 is 1.86 bits per heavy atom.